The molecule has 1 aliphatic heterocycles. The number of hydrogen-bond donors (Lipinski definition) is 0. The molecular weight excluding hydrogens is 510 g/mol. The molecule has 9 heteroatoms. The van der Waals surface area contributed by atoms with E-state index < -0.39 is 35.2 Å². The lowest BCUT2D eigenvalue weighted by molar-refractivity contribution is -0.137. The van der Waals surface area contributed by atoms with Gasteiger partial charge in [0.05, 0.1) is 29.5 Å². The van der Waals surface area contributed by atoms with Gasteiger partial charge in [-0.1, -0.05) is 42.5 Å². The predicted octanol–water partition coefficient (Wildman–Crippen LogP) is 7.44. The minimum Gasteiger partial charge on any atom is -0.481 e. The van der Waals surface area contributed by atoms with Gasteiger partial charge in [0.2, 0.25) is 0 Å². The van der Waals surface area contributed by atoms with Crippen LogP contribution in [0.1, 0.15) is 52.0 Å². The maximum Gasteiger partial charge on any atom is 0.416 e. The van der Waals surface area contributed by atoms with E-state index in [9.17, 15) is 22.4 Å². The lowest BCUT2D eigenvalue weighted by atomic mass is 9.76. The number of carbonyl (C=O) groups excluding carboxylic acids is 1. The number of aryl methyl sites for hydroxylation is 1. The highest BCUT2D eigenvalue weighted by atomic mass is 19.4. The molecule has 5 nitrogen and oxygen atoms in total. The third kappa shape index (κ3) is 5.21. The van der Waals surface area contributed by atoms with Crippen molar-refractivity contribution in [2.45, 2.75) is 32.4 Å². The molecule has 0 saturated carbocycles. The second kappa shape index (κ2) is 10.5. The number of ether oxygens (including phenoxy) is 1. The van der Waals surface area contributed by atoms with Crippen molar-refractivity contribution in [1.82, 2.24) is 9.78 Å². The van der Waals surface area contributed by atoms with Gasteiger partial charge in [-0.05, 0) is 55.8 Å². The standard InChI is InChI=1S/C30H25F4N3O2/c1-3-39-29-24(17-25(38)20-8-7-9-21(16-20)30(32,33)34)27(19-12-14-22(31)15-13-19)26-18(2)36-37(28(26)35-29)23-10-5-4-6-11-23/h4-16,24,27H,3,17H2,1-2H3/t24-,27+/m0/s1. The van der Waals surface area contributed by atoms with Gasteiger partial charge in [0.25, 0.3) is 0 Å². The Bertz CT molecular complexity index is 1530. The normalized spacial score (nSPS) is 16.9. The van der Waals surface area contributed by atoms with Crippen LogP contribution in [0.2, 0.25) is 0 Å². The van der Waals surface area contributed by atoms with Gasteiger partial charge in [0.15, 0.2) is 17.5 Å². The number of Topliss-reactive ketones (excluding diaryl/α,β-unsaturated/α-hetero) is 1. The SMILES string of the molecule is CCOC1=Nc2c(c(C)nn2-c2ccccc2)[C@H](c2ccc(F)cc2)[C@@H]1CC(=O)c1cccc(C(F)(F)F)c1. The van der Waals surface area contributed by atoms with Crippen LogP contribution in [-0.4, -0.2) is 28.1 Å². The van der Waals surface area contributed by atoms with Crippen molar-refractivity contribution in [2.24, 2.45) is 10.9 Å². The fourth-order valence-corrected chi connectivity index (χ4v) is 5.03. The molecule has 0 radical (unpaired) electrons. The monoisotopic (exact) mass is 535 g/mol. The van der Waals surface area contributed by atoms with E-state index in [1.165, 1.54) is 24.3 Å². The Morgan fingerprint density at radius 1 is 1.00 bits per heavy atom. The number of carbonyl (C=O) groups is 1. The Morgan fingerprint density at radius 2 is 1.72 bits per heavy atom. The maximum absolute atomic E-state index is 13.9. The fraction of sp³-hybridized carbons (Fsp3) is 0.233. The van der Waals surface area contributed by atoms with Gasteiger partial charge in [-0.15, -0.1) is 0 Å². The zero-order valence-electron chi connectivity index (χ0n) is 21.2. The minimum atomic E-state index is -4.58. The van der Waals surface area contributed by atoms with Crippen LogP contribution in [0, 0.1) is 18.7 Å². The summed E-state index contributed by atoms with van der Waals surface area (Å²) >= 11 is 0. The first-order chi connectivity index (χ1) is 18.7. The molecule has 0 bridgehead atoms. The zero-order valence-corrected chi connectivity index (χ0v) is 21.2. The number of ketones is 1. The summed E-state index contributed by atoms with van der Waals surface area (Å²) in [6.45, 7) is 3.88. The highest BCUT2D eigenvalue weighted by Gasteiger charge is 2.41. The van der Waals surface area contributed by atoms with E-state index in [0.717, 1.165) is 23.4 Å². The highest BCUT2D eigenvalue weighted by molar-refractivity contribution is 6.00. The van der Waals surface area contributed by atoms with Crippen molar-refractivity contribution in [1.29, 1.82) is 0 Å². The third-order valence-electron chi connectivity index (χ3n) is 6.77. The van der Waals surface area contributed by atoms with Crippen molar-refractivity contribution < 1.29 is 27.1 Å². The first-order valence-corrected chi connectivity index (χ1v) is 12.5. The quantitative estimate of drug-likeness (QED) is 0.190. The van der Waals surface area contributed by atoms with Crippen LogP contribution in [0.5, 0.6) is 0 Å². The Hall–Kier alpha value is -4.27. The average molecular weight is 536 g/mol. The van der Waals surface area contributed by atoms with E-state index in [0.29, 0.717) is 17.1 Å². The molecule has 0 spiro atoms. The van der Waals surface area contributed by atoms with Gasteiger partial charge in [0.1, 0.15) is 5.82 Å². The topological polar surface area (TPSA) is 56.5 Å². The summed E-state index contributed by atoms with van der Waals surface area (Å²) in [4.78, 5) is 18.2. The Labute approximate surface area is 222 Å². The summed E-state index contributed by atoms with van der Waals surface area (Å²) in [5.41, 5.74) is 1.95. The molecule has 4 aromatic rings. The van der Waals surface area contributed by atoms with E-state index in [4.69, 9.17) is 14.8 Å². The van der Waals surface area contributed by atoms with Gasteiger partial charge in [-0.3, -0.25) is 4.79 Å². The Kier molecular flexibility index (Phi) is 7.08. The summed E-state index contributed by atoms with van der Waals surface area (Å²) in [6, 6.07) is 19.7. The molecule has 5 rings (SSSR count). The van der Waals surface area contributed by atoms with Crippen LogP contribution in [0.15, 0.2) is 83.9 Å². The van der Waals surface area contributed by atoms with Crippen molar-refractivity contribution in [3.8, 4) is 5.69 Å². The lowest BCUT2D eigenvalue weighted by Crippen LogP contribution is -2.31. The van der Waals surface area contributed by atoms with Gasteiger partial charge < -0.3 is 4.74 Å². The molecule has 1 aromatic heterocycles. The first kappa shape index (κ1) is 26.3. The van der Waals surface area contributed by atoms with Crippen LogP contribution < -0.4 is 0 Å². The van der Waals surface area contributed by atoms with Crippen molar-refractivity contribution in [3.05, 3.63) is 113 Å². The third-order valence-corrected chi connectivity index (χ3v) is 6.77. The maximum atomic E-state index is 13.9. The van der Waals surface area contributed by atoms with Gasteiger partial charge >= 0.3 is 6.18 Å². The predicted molar refractivity (Wildman–Crippen MR) is 139 cm³/mol. The molecule has 0 saturated heterocycles. The molecule has 0 aliphatic carbocycles. The molecule has 3 aromatic carbocycles. The Morgan fingerprint density at radius 3 is 2.38 bits per heavy atom. The van der Waals surface area contributed by atoms with Gasteiger partial charge in [-0.2, -0.15) is 23.3 Å². The van der Waals surface area contributed by atoms with Crippen LogP contribution in [-0.2, 0) is 10.9 Å². The van der Waals surface area contributed by atoms with Crippen LogP contribution >= 0.6 is 0 Å². The zero-order chi connectivity index (χ0) is 27.7. The number of halogens is 4. The van der Waals surface area contributed by atoms with Crippen LogP contribution in [0.3, 0.4) is 0 Å². The molecule has 0 N–H and O–H groups in total. The van der Waals surface area contributed by atoms with E-state index in [-0.39, 0.29) is 24.5 Å². The van der Waals surface area contributed by atoms with E-state index in [1.807, 2.05) is 37.3 Å². The number of aliphatic imine (C=N–C) groups is 1. The van der Waals surface area contributed by atoms with Crippen molar-refractivity contribution in [3.63, 3.8) is 0 Å². The summed E-state index contributed by atoms with van der Waals surface area (Å²) in [5.74, 6) is -1.26. The average Bonchev–Trinajstić information content (AvgIpc) is 3.25. The molecule has 2 heterocycles. The molecule has 2 atom stereocenters. The van der Waals surface area contributed by atoms with E-state index in [2.05, 4.69) is 0 Å². The van der Waals surface area contributed by atoms with E-state index in [1.54, 1.807) is 23.7 Å². The van der Waals surface area contributed by atoms with Crippen molar-refractivity contribution in [2.75, 3.05) is 6.61 Å². The molecule has 0 unspecified atom stereocenters. The molecule has 0 fully saturated rings. The van der Waals surface area contributed by atoms with Crippen molar-refractivity contribution >= 4 is 17.5 Å². The molecule has 0 amide bonds. The highest BCUT2D eigenvalue weighted by Crippen LogP contribution is 2.46. The number of aromatic nitrogens is 2. The number of para-hydroxylation sites is 1. The van der Waals surface area contributed by atoms with E-state index >= 15 is 0 Å². The second-order valence-corrected chi connectivity index (χ2v) is 9.29. The summed E-state index contributed by atoms with van der Waals surface area (Å²) in [6.07, 6.45) is -4.74. The van der Waals surface area contributed by atoms with Gasteiger partial charge in [0, 0.05) is 23.5 Å². The number of hydrogen-bond acceptors (Lipinski definition) is 4. The fourth-order valence-electron chi connectivity index (χ4n) is 5.03. The smallest absolute Gasteiger partial charge is 0.416 e. The Balaban J connectivity index is 1.64. The first-order valence-electron chi connectivity index (χ1n) is 12.5. The number of nitrogens with zero attached hydrogens (tertiary/aromatic N) is 3. The number of rotatable bonds is 6. The lowest BCUT2D eigenvalue weighted by Gasteiger charge is -2.32. The number of alkyl halides is 3. The van der Waals surface area contributed by atoms with Gasteiger partial charge in [-0.25, -0.2) is 9.07 Å². The second-order valence-electron chi connectivity index (χ2n) is 9.29. The number of benzene rings is 3. The molecule has 200 valence electrons. The molecule has 1 aliphatic rings. The van der Waals surface area contributed by atoms with Crippen LogP contribution in [0.25, 0.3) is 5.69 Å². The van der Waals surface area contributed by atoms with Crippen LogP contribution in [0.4, 0.5) is 23.4 Å². The minimum absolute atomic E-state index is 0.0546. The summed E-state index contributed by atoms with van der Waals surface area (Å²) < 4.78 is 61.5. The number of fused-ring (bicyclic) bond motifs is 1. The molecular formula is C30H25F4N3O2. The summed E-state index contributed by atoms with van der Waals surface area (Å²) in [5, 5.41) is 4.73. The summed E-state index contributed by atoms with van der Waals surface area (Å²) in [7, 11) is 0. The molecule has 39 heavy (non-hydrogen) atoms. The largest absolute Gasteiger partial charge is 0.481 e.